The molecule has 0 N–H and O–H groups in total. The van der Waals surface area contributed by atoms with Crippen molar-refractivity contribution in [1.82, 2.24) is 4.90 Å². The monoisotopic (exact) mass is 418 g/mol. The van der Waals surface area contributed by atoms with Gasteiger partial charge in [-0.15, -0.1) is 0 Å². The van der Waals surface area contributed by atoms with Crippen LogP contribution in [0, 0.1) is 0 Å². The lowest BCUT2D eigenvalue weighted by Gasteiger charge is -2.29. The van der Waals surface area contributed by atoms with Crippen LogP contribution >= 0.6 is 11.6 Å². The molecule has 3 rings (SSSR count). The maximum atomic E-state index is 12.7. The van der Waals surface area contributed by atoms with Crippen LogP contribution in [0.1, 0.15) is 18.0 Å². The summed E-state index contributed by atoms with van der Waals surface area (Å²) < 4.78 is 15.9. The van der Waals surface area contributed by atoms with Gasteiger partial charge in [0.25, 0.3) is 0 Å². The highest BCUT2D eigenvalue weighted by Crippen LogP contribution is 2.32. The van der Waals surface area contributed by atoms with Crippen molar-refractivity contribution in [3.63, 3.8) is 0 Å². The lowest BCUT2D eigenvalue weighted by molar-refractivity contribution is -0.147. The van der Waals surface area contributed by atoms with Crippen LogP contribution in [0.15, 0.2) is 42.5 Å². The summed E-state index contributed by atoms with van der Waals surface area (Å²) in [6, 6.07) is 12.8. The number of rotatable bonds is 6. The van der Waals surface area contributed by atoms with Crippen LogP contribution in [0.5, 0.6) is 11.5 Å². The number of hydrogen-bond donors (Lipinski definition) is 0. The zero-order chi connectivity index (χ0) is 20.8. The van der Waals surface area contributed by atoms with E-state index in [4.69, 9.17) is 25.8 Å². The third-order valence-corrected chi connectivity index (χ3v) is 5.52. The molecule has 2 aromatic rings. The quantitative estimate of drug-likeness (QED) is 0.665. The van der Waals surface area contributed by atoms with Gasteiger partial charge in [-0.2, -0.15) is 0 Å². The first-order chi connectivity index (χ1) is 14.1. The van der Waals surface area contributed by atoms with Crippen LogP contribution in [0.2, 0.25) is 5.02 Å². The number of carbonyl (C=O) groups is 1. The molecule has 0 radical (unpaired) electrons. The highest BCUT2D eigenvalue weighted by Gasteiger charge is 2.31. The van der Waals surface area contributed by atoms with Gasteiger partial charge in [-0.25, -0.2) is 4.79 Å². The summed E-state index contributed by atoms with van der Waals surface area (Å²) in [5.74, 6) is 0.980. The van der Waals surface area contributed by atoms with Crippen molar-refractivity contribution in [3.8, 4) is 11.5 Å². The summed E-state index contributed by atoms with van der Waals surface area (Å²) in [7, 11) is 4.61. The Morgan fingerprint density at radius 1 is 0.966 bits per heavy atom. The van der Waals surface area contributed by atoms with Gasteiger partial charge >= 0.3 is 5.97 Å². The zero-order valence-electron chi connectivity index (χ0n) is 17.1. The van der Waals surface area contributed by atoms with Gasteiger partial charge in [0, 0.05) is 32.2 Å². The van der Waals surface area contributed by atoms with Crippen molar-refractivity contribution in [1.29, 1.82) is 0 Å². The van der Waals surface area contributed by atoms with Gasteiger partial charge in [0.1, 0.15) is 17.5 Å². The molecule has 0 saturated carbocycles. The second kappa shape index (κ2) is 9.85. The number of para-hydroxylation sites is 1. The van der Waals surface area contributed by atoms with Gasteiger partial charge in [-0.3, -0.25) is 4.90 Å². The predicted octanol–water partition coefficient (Wildman–Crippen LogP) is 3.78. The van der Waals surface area contributed by atoms with E-state index in [0.717, 1.165) is 42.3 Å². The molecular weight excluding hydrogens is 392 g/mol. The van der Waals surface area contributed by atoms with E-state index >= 15 is 0 Å². The van der Waals surface area contributed by atoms with Crippen LogP contribution in [0.3, 0.4) is 0 Å². The molecule has 0 bridgehead atoms. The number of ether oxygens (including phenoxy) is 3. The molecule has 156 valence electrons. The highest BCUT2D eigenvalue weighted by molar-refractivity contribution is 6.33. The molecule has 2 aromatic carbocycles. The summed E-state index contributed by atoms with van der Waals surface area (Å²) in [4.78, 5) is 17.2. The van der Waals surface area contributed by atoms with Crippen molar-refractivity contribution < 1.29 is 19.0 Å². The summed E-state index contributed by atoms with van der Waals surface area (Å²) in [5, 5.41) is 0.739. The molecule has 1 aliphatic heterocycles. The van der Waals surface area contributed by atoms with Crippen LogP contribution < -0.4 is 14.4 Å². The third-order valence-electron chi connectivity index (χ3n) is 5.20. The second-order valence-electron chi connectivity index (χ2n) is 6.90. The number of carbonyl (C=O) groups excluding carboxylic acids is 1. The summed E-state index contributed by atoms with van der Waals surface area (Å²) >= 11 is 6.39. The first-order valence-electron chi connectivity index (χ1n) is 9.61. The molecule has 29 heavy (non-hydrogen) atoms. The molecule has 6 nitrogen and oxygen atoms in total. The number of anilines is 1. The standard InChI is InChI=1S/C22H27ClN2O4/c1-27-17-13-16(14-18(15-17)28-2)21(22(26)29-3)25-10-6-9-24(11-12-25)20-8-5-4-7-19(20)23/h4-5,7-8,13-15,21H,6,9-12H2,1-3H3. The van der Waals surface area contributed by atoms with Gasteiger partial charge in [0.15, 0.2) is 0 Å². The third kappa shape index (κ3) is 4.95. The molecular formula is C22H27ClN2O4. The maximum absolute atomic E-state index is 12.7. The van der Waals surface area contributed by atoms with Crippen molar-refractivity contribution >= 4 is 23.3 Å². The van der Waals surface area contributed by atoms with Gasteiger partial charge in [-0.05, 0) is 36.2 Å². The second-order valence-corrected chi connectivity index (χ2v) is 7.31. The molecule has 1 atom stereocenters. The minimum Gasteiger partial charge on any atom is -0.497 e. The fourth-order valence-electron chi connectivity index (χ4n) is 3.74. The molecule has 0 aromatic heterocycles. The first kappa shape index (κ1) is 21.3. The molecule has 0 aliphatic carbocycles. The predicted molar refractivity (Wildman–Crippen MR) is 114 cm³/mol. The van der Waals surface area contributed by atoms with E-state index in [1.54, 1.807) is 20.3 Å². The Balaban J connectivity index is 1.87. The van der Waals surface area contributed by atoms with E-state index in [-0.39, 0.29) is 5.97 Å². The fourth-order valence-corrected chi connectivity index (χ4v) is 3.99. The first-order valence-corrected chi connectivity index (χ1v) is 9.99. The van der Waals surface area contributed by atoms with Gasteiger partial charge in [-0.1, -0.05) is 23.7 Å². The molecule has 1 aliphatic rings. The number of benzene rings is 2. The van der Waals surface area contributed by atoms with E-state index in [1.807, 2.05) is 36.4 Å². The largest absolute Gasteiger partial charge is 0.497 e. The number of methoxy groups -OCH3 is 3. The Kier molecular flexibility index (Phi) is 7.23. The number of esters is 1. The summed E-state index contributed by atoms with van der Waals surface area (Å²) in [5.41, 5.74) is 1.81. The van der Waals surface area contributed by atoms with Crippen LogP contribution in [-0.2, 0) is 9.53 Å². The minimum absolute atomic E-state index is 0.300. The summed E-state index contributed by atoms with van der Waals surface area (Å²) in [6.45, 7) is 3.10. The van der Waals surface area contributed by atoms with Crippen molar-refractivity contribution in [2.24, 2.45) is 0 Å². The normalized spacial score (nSPS) is 16.1. The minimum atomic E-state index is -0.532. The Bertz CT molecular complexity index is 823. The Morgan fingerprint density at radius 2 is 1.66 bits per heavy atom. The Morgan fingerprint density at radius 3 is 2.28 bits per heavy atom. The number of nitrogens with zero attached hydrogens (tertiary/aromatic N) is 2. The summed E-state index contributed by atoms with van der Waals surface area (Å²) in [6.07, 6.45) is 0.903. The lowest BCUT2D eigenvalue weighted by Crippen LogP contribution is -2.38. The highest BCUT2D eigenvalue weighted by atomic mass is 35.5. The van der Waals surface area contributed by atoms with E-state index in [9.17, 15) is 4.79 Å². The fraction of sp³-hybridized carbons (Fsp3) is 0.409. The van der Waals surface area contributed by atoms with E-state index in [1.165, 1.54) is 7.11 Å². The molecule has 1 fully saturated rings. The topological polar surface area (TPSA) is 51.2 Å². The number of halogens is 1. The Labute approximate surface area is 176 Å². The van der Waals surface area contributed by atoms with Gasteiger partial charge in [0.2, 0.25) is 0 Å². The maximum Gasteiger partial charge on any atom is 0.327 e. The molecule has 0 amide bonds. The van der Waals surface area contributed by atoms with E-state index in [0.29, 0.717) is 18.0 Å². The van der Waals surface area contributed by atoms with Crippen LogP contribution in [0.25, 0.3) is 0 Å². The average molecular weight is 419 g/mol. The molecule has 1 saturated heterocycles. The van der Waals surface area contributed by atoms with Crippen LogP contribution in [-0.4, -0.2) is 58.4 Å². The van der Waals surface area contributed by atoms with E-state index < -0.39 is 6.04 Å². The molecule has 7 heteroatoms. The molecule has 0 spiro atoms. The Hall–Kier alpha value is -2.44. The van der Waals surface area contributed by atoms with E-state index in [2.05, 4.69) is 9.80 Å². The van der Waals surface area contributed by atoms with Gasteiger partial charge < -0.3 is 19.1 Å². The lowest BCUT2D eigenvalue weighted by atomic mass is 10.0. The molecule has 1 heterocycles. The van der Waals surface area contributed by atoms with Gasteiger partial charge in [0.05, 0.1) is 32.0 Å². The zero-order valence-corrected chi connectivity index (χ0v) is 17.8. The molecule has 1 unspecified atom stereocenters. The SMILES string of the molecule is COC(=O)C(c1cc(OC)cc(OC)c1)N1CCCN(c2ccccc2Cl)CC1. The van der Waals surface area contributed by atoms with Crippen molar-refractivity contribution in [2.45, 2.75) is 12.5 Å². The smallest absolute Gasteiger partial charge is 0.327 e. The van der Waals surface area contributed by atoms with Crippen molar-refractivity contribution in [3.05, 3.63) is 53.1 Å². The number of hydrogen-bond acceptors (Lipinski definition) is 6. The van der Waals surface area contributed by atoms with Crippen LogP contribution in [0.4, 0.5) is 5.69 Å². The average Bonchev–Trinajstić information content (AvgIpc) is 2.99. The van der Waals surface area contributed by atoms with Crippen molar-refractivity contribution in [2.75, 3.05) is 52.4 Å².